The van der Waals surface area contributed by atoms with E-state index in [2.05, 4.69) is 57.8 Å². The molecule has 0 radical (unpaired) electrons. The highest BCUT2D eigenvalue weighted by atomic mass is 16.6. The van der Waals surface area contributed by atoms with Crippen molar-refractivity contribution >= 4 is 18.0 Å². The molecule has 0 saturated carbocycles. The minimum Gasteiger partial charge on any atom is -0.444 e. The van der Waals surface area contributed by atoms with Gasteiger partial charge in [0.05, 0.1) is 6.54 Å². The first-order chi connectivity index (χ1) is 19.1. The van der Waals surface area contributed by atoms with Gasteiger partial charge in [-0.25, -0.2) is 9.78 Å². The molecule has 0 spiro atoms. The van der Waals surface area contributed by atoms with Crippen LogP contribution in [0.25, 0.3) is 6.08 Å². The van der Waals surface area contributed by atoms with Crippen molar-refractivity contribution in [2.75, 3.05) is 25.0 Å². The smallest absolute Gasteiger partial charge is 0.407 e. The third kappa shape index (κ3) is 9.09. The van der Waals surface area contributed by atoms with Gasteiger partial charge in [-0.2, -0.15) is 0 Å². The molecular weight excluding hydrogens is 502 g/mol. The van der Waals surface area contributed by atoms with Gasteiger partial charge in [0.15, 0.2) is 5.82 Å². The lowest BCUT2D eigenvalue weighted by atomic mass is 10.0. The molecule has 0 unspecified atom stereocenters. The highest BCUT2D eigenvalue weighted by Gasteiger charge is 2.21. The SMILES string of the molecule is C/C(=C\c1ccccc1)CN1CCC(Nc2nccn(Cc3ccc(CNC(=O)OC(C)(C)C)cc3)c2=O)CC1. The van der Waals surface area contributed by atoms with Gasteiger partial charge in [0.2, 0.25) is 0 Å². The van der Waals surface area contributed by atoms with Crippen molar-refractivity contribution in [3.05, 3.63) is 99.6 Å². The van der Waals surface area contributed by atoms with Gasteiger partial charge in [0, 0.05) is 44.6 Å². The number of benzene rings is 2. The standard InChI is InChI=1S/C32H41N5O3/c1-24(20-25-8-6-5-7-9-25)22-36-17-14-28(15-18-36)35-29-30(38)37(19-16-33-29)23-27-12-10-26(11-13-27)21-34-31(39)40-32(2,3)4/h5-13,16,19-20,28H,14-15,17-18,21-23H2,1-4H3,(H,33,35)(H,34,39)/b24-20+. The van der Waals surface area contributed by atoms with Gasteiger partial charge in [0.1, 0.15) is 5.60 Å². The number of alkyl carbamates (subject to hydrolysis) is 1. The molecule has 40 heavy (non-hydrogen) atoms. The third-order valence-corrected chi connectivity index (χ3v) is 6.74. The zero-order chi connectivity index (χ0) is 28.5. The van der Waals surface area contributed by atoms with E-state index in [1.165, 1.54) is 11.1 Å². The summed E-state index contributed by atoms with van der Waals surface area (Å²) in [7, 11) is 0. The highest BCUT2D eigenvalue weighted by molar-refractivity contribution is 5.67. The fourth-order valence-electron chi connectivity index (χ4n) is 4.78. The maximum Gasteiger partial charge on any atom is 0.407 e. The number of hydrogen-bond donors (Lipinski definition) is 2. The van der Waals surface area contributed by atoms with Crippen molar-refractivity contribution < 1.29 is 9.53 Å². The summed E-state index contributed by atoms with van der Waals surface area (Å²) in [6, 6.07) is 18.5. The fourth-order valence-corrected chi connectivity index (χ4v) is 4.78. The minimum absolute atomic E-state index is 0.123. The van der Waals surface area contributed by atoms with Crippen LogP contribution in [0, 0.1) is 0 Å². The normalized spacial score (nSPS) is 15.1. The molecule has 3 aromatic rings. The summed E-state index contributed by atoms with van der Waals surface area (Å²) in [4.78, 5) is 31.9. The number of carbonyl (C=O) groups excluding carboxylic acids is 1. The molecule has 2 N–H and O–H groups in total. The number of hydrogen-bond acceptors (Lipinski definition) is 6. The molecule has 1 aliphatic heterocycles. The van der Waals surface area contributed by atoms with Crippen molar-refractivity contribution in [3.8, 4) is 0 Å². The maximum absolute atomic E-state index is 13.1. The third-order valence-electron chi connectivity index (χ3n) is 6.74. The van der Waals surface area contributed by atoms with E-state index >= 15 is 0 Å². The Morgan fingerprint density at radius 2 is 1.73 bits per heavy atom. The molecule has 1 saturated heterocycles. The van der Waals surface area contributed by atoms with E-state index in [1.54, 1.807) is 17.0 Å². The molecule has 2 aromatic carbocycles. The van der Waals surface area contributed by atoms with Crippen LogP contribution in [0.1, 0.15) is 57.2 Å². The van der Waals surface area contributed by atoms with Gasteiger partial charge >= 0.3 is 6.09 Å². The molecule has 8 nitrogen and oxygen atoms in total. The van der Waals surface area contributed by atoms with Crippen LogP contribution in [0.3, 0.4) is 0 Å². The van der Waals surface area contributed by atoms with E-state index in [4.69, 9.17) is 4.74 Å². The van der Waals surface area contributed by atoms with E-state index < -0.39 is 11.7 Å². The van der Waals surface area contributed by atoms with Crippen LogP contribution in [-0.4, -0.2) is 51.8 Å². The number of carbonyl (C=O) groups is 1. The molecule has 0 aliphatic carbocycles. The maximum atomic E-state index is 13.1. The minimum atomic E-state index is -0.532. The van der Waals surface area contributed by atoms with E-state index in [-0.39, 0.29) is 11.6 Å². The number of anilines is 1. The molecule has 0 bridgehead atoms. The topological polar surface area (TPSA) is 88.5 Å². The molecule has 4 rings (SSSR count). The first-order valence-corrected chi connectivity index (χ1v) is 14.0. The van der Waals surface area contributed by atoms with Crippen LogP contribution in [0.2, 0.25) is 0 Å². The van der Waals surface area contributed by atoms with Crippen molar-refractivity contribution in [2.45, 2.75) is 65.3 Å². The average Bonchev–Trinajstić information content (AvgIpc) is 2.91. The van der Waals surface area contributed by atoms with Crippen LogP contribution in [-0.2, 0) is 17.8 Å². The van der Waals surface area contributed by atoms with E-state index in [9.17, 15) is 9.59 Å². The summed E-state index contributed by atoms with van der Waals surface area (Å²) in [5.74, 6) is 0.402. The quantitative estimate of drug-likeness (QED) is 0.381. The van der Waals surface area contributed by atoms with Gasteiger partial charge in [0.25, 0.3) is 5.56 Å². The highest BCUT2D eigenvalue weighted by Crippen LogP contribution is 2.16. The molecule has 1 aliphatic rings. The lowest BCUT2D eigenvalue weighted by Gasteiger charge is -2.32. The summed E-state index contributed by atoms with van der Waals surface area (Å²) in [5.41, 5.74) is 3.87. The summed E-state index contributed by atoms with van der Waals surface area (Å²) in [6.07, 6.45) is 7.13. The zero-order valence-corrected chi connectivity index (χ0v) is 24.0. The molecule has 1 fully saturated rings. The first kappa shape index (κ1) is 29.1. The van der Waals surface area contributed by atoms with E-state index in [0.717, 1.165) is 43.6 Å². The lowest BCUT2D eigenvalue weighted by Crippen LogP contribution is -2.41. The Balaban J connectivity index is 1.26. The molecule has 1 aromatic heterocycles. The Morgan fingerprint density at radius 3 is 2.40 bits per heavy atom. The van der Waals surface area contributed by atoms with Crippen LogP contribution in [0.5, 0.6) is 0 Å². The Hall–Kier alpha value is -3.91. The van der Waals surface area contributed by atoms with Gasteiger partial charge < -0.3 is 19.9 Å². The first-order valence-electron chi connectivity index (χ1n) is 14.0. The molecule has 8 heteroatoms. The molecule has 0 atom stereocenters. The van der Waals surface area contributed by atoms with Crippen LogP contribution in [0.4, 0.5) is 10.6 Å². The number of rotatable bonds is 9. The fraction of sp³-hybridized carbons (Fsp3) is 0.406. The predicted octanol–water partition coefficient (Wildman–Crippen LogP) is 5.30. The van der Waals surface area contributed by atoms with E-state index in [0.29, 0.717) is 18.9 Å². The predicted molar refractivity (Wildman–Crippen MR) is 160 cm³/mol. The largest absolute Gasteiger partial charge is 0.444 e. The summed E-state index contributed by atoms with van der Waals surface area (Å²) >= 11 is 0. The van der Waals surface area contributed by atoms with Crippen molar-refractivity contribution in [2.24, 2.45) is 0 Å². The van der Waals surface area contributed by atoms with Crippen LogP contribution < -0.4 is 16.2 Å². The van der Waals surface area contributed by atoms with E-state index in [1.807, 2.05) is 51.1 Å². The number of aromatic nitrogens is 2. The molecular formula is C32H41N5O3. The number of nitrogens with one attached hydrogen (secondary N) is 2. The second-order valence-electron chi connectivity index (χ2n) is 11.5. The van der Waals surface area contributed by atoms with Gasteiger partial charge in [-0.3, -0.25) is 9.69 Å². The Labute approximate surface area is 237 Å². The lowest BCUT2D eigenvalue weighted by molar-refractivity contribution is 0.0523. The van der Waals surface area contributed by atoms with Crippen LogP contribution in [0.15, 0.2) is 77.4 Å². The Bertz CT molecular complexity index is 1340. The van der Waals surface area contributed by atoms with Gasteiger partial charge in [-0.1, -0.05) is 66.2 Å². The number of amides is 1. The monoisotopic (exact) mass is 543 g/mol. The molecule has 212 valence electrons. The summed E-state index contributed by atoms with van der Waals surface area (Å²) < 4.78 is 6.95. The van der Waals surface area contributed by atoms with Crippen LogP contribution >= 0.6 is 0 Å². The molecule has 2 heterocycles. The summed E-state index contributed by atoms with van der Waals surface area (Å²) in [5, 5.41) is 6.17. The summed E-state index contributed by atoms with van der Waals surface area (Å²) in [6.45, 7) is 11.4. The van der Waals surface area contributed by atoms with Gasteiger partial charge in [-0.15, -0.1) is 0 Å². The second kappa shape index (κ2) is 13.4. The van der Waals surface area contributed by atoms with Gasteiger partial charge in [-0.05, 0) is 57.2 Å². The Kier molecular flexibility index (Phi) is 9.77. The number of ether oxygens (including phenoxy) is 1. The molecule has 1 amide bonds. The second-order valence-corrected chi connectivity index (χ2v) is 11.5. The number of piperidine rings is 1. The number of nitrogens with zero attached hydrogens (tertiary/aromatic N) is 3. The van der Waals surface area contributed by atoms with Crippen molar-refractivity contribution in [1.82, 2.24) is 19.8 Å². The zero-order valence-electron chi connectivity index (χ0n) is 24.0. The van der Waals surface area contributed by atoms with Crippen molar-refractivity contribution in [1.29, 1.82) is 0 Å². The average molecular weight is 544 g/mol. The van der Waals surface area contributed by atoms with Crippen molar-refractivity contribution in [3.63, 3.8) is 0 Å². The number of likely N-dealkylation sites (tertiary alicyclic amines) is 1. The Morgan fingerprint density at radius 1 is 1.05 bits per heavy atom.